The van der Waals surface area contributed by atoms with Gasteiger partial charge in [-0.1, -0.05) is 0 Å². The second-order valence-corrected chi connectivity index (χ2v) is 5.27. The van der Waals surface area contributed by atoms with E-state index in [1.165, 1.54) is 6.07 Å². The molecule has 0 spiro atoms. The number of nitro groups is 1. The Bertz CT molecular complexity index is 510. The highest BCUT2D eigenvalue weighted by Crippen LogP contribution is 2.31. The van der Waals surface area contributed by atoms with E-state index in [4.69, 9.17) is 0 Å². The Morgan fingerprint density at radius 3 is 2.60 bits per heavy atom. The second kappa shape index (κ2) is 6.00. The quantitative estimate of drug-likeness (QED) is 0.478. The van der Waals surface area contributed by atoms with Gasteiger partial charge < -0.3 is 9.80 Å². The normalized spacial score (nSPS) is 16.9. The summed E-state index contributed by atoms with van der Waals surface area (Å²) in [6.45, 7) is 1.99. The minimum atomic E-state index is -0.423. The van der Waals surface area contributed by atoms with Gasteiger partial charge in [-0.3, -0.25) is 14.9 Å². The molecule has 0 aromatic heterocycles. The van der Waals surface area contributed by atoms with Crippen molar-refractivity contribution in [1.82, 2.24) is 4.90 Å². The van der Waals surface area contributed by atoms with Gasteiger partial charge in [-0.2, -0.15) is 0 Å². The fraction of sp³-hybridized carbons (Fsp3) is 0.500. The summed E-state index contributed by atoms with van der Waals surface area (Å²) >= 11 is 0. The number of benzene rings is 1. The van der Waals surface area contributed by atoms with Crippen LogP contribution in [0.5, 0.6) is 0 Å². The third-order valence-corrected chi connectivity index (χ3v) is 3.95. The van der Waals surface area contributed by atoms with Crippen molar-refractivity contribution in [3.8, 4) is 0 Å². The van der Waals surface area contributed by atoms with Gasteiger partial charge in [-0.05, 0) is 45.1 Å². The maximum Gasteiger partial charge on any atom is 0.293 e. The zero-order chi connectivity index (χ0) is 14.7. The first-order valence-electron chi connectivity index (χ1n) is 6.68. The molecule has 0 saturated carbocycles. The van der Waals surface area contributed by atoms with Gasteiger partial charge in [-0.25, -0.2) is 0 Å². The fourth-order valence-corrected chi connectivity index (χ4v) is 2.64. The third kappa shape index (κ3) is 2.96. The molecule has 1 fully saturated rings. The lowest BCUT2D eigenvalue weighted by Gasteiger charge is -2.36. The summed E-state index contributed by atoms with van der Waals surface area (Å²) in [7, 11) is 3.97. The molecule has 0 amide bonds. The Kier molecular flexibility index (Phi) is 4.34. The van der Waals surface area contributed by atoms with Gasteiger partial charge in [0.1, 0.15) is 12.0 Å². The van der Waals surface area contributed by atoms with E-state index in [2.05, 4.69) is 11.9 Å². The molecule has 1 heterocycles. The molecule has 0 atom stereocenters. The Morgan fingerprint density at radius 2 is 2.05 bits per heavy atom. The summed E-state index contributed by atoms with van der Waals surface area (Å²) < 4.78 is 0. The Morgan fingerprint density at radius 1 is 1.40 bits per heavy atom. The first-order valence-corrected chi connectivity index (χ1v) is 6.68. The van der Waals surface area contributed by atoms with Gasteiger partial charge in [0.05, 0.1) is 4.92 Å². The summed E-state index contributed by atoms with van der Waals surface area (Å²) in [4.78, 5) is 25.7. The topological polar surface area (TPSA) is 66.7 Å². The predicted octanol–water partition coefficient (Wildman–Crippen LogP) is 1.94. The van der Waals surface area contributed by atoms with E-state index in [1.807, 2.05) is 11.9 Å². The molecule has 1 aliphatic rings. The highest BCUT2D eigenvalue weighted by atomic mass is 16.6. The number of aldehydes is 1. The molecule has 0 radical (unpaired) electrons. The zero-order valence-corrected chi connectivity index (χ0v) is 11.8. The van der Waals surface area contributed by atoms with E-state index < -0.39 is 4.92 Å². The molecule has 20 heavy (non-hydrogen) atoms. The third-order valence-electron chi connectivity index (χ3n) is 3.95. The molecule has 1 aliphatic heterocycles. The summed E-state index contributed by atoms with van der Waals surface area (Å²) in [5.74, 6) is 0. The van der Waals surface area contributed by atoms with E-state index in [-0.39, 0.29) is 5.69 Å². The van der Waals surface area contributed by atoms with Gasteiger partial charge in [0.15, 0.2) is 0 Å². The lowest BCUT2D eigenvalue weighted by molar-refractivity contribution is -0.384. The number of carbonyl (C=O) groups is 1. The van der Waals surface area contributed by atoms with Crippen LogP contribution in [0.25, 0.3) is 0 Å². The van der Waals surface area contributed by atoms with E-state index in [1.54, 1.807) is 12.1 Å². The van der Waals surface area contributed by atoms with Crippen LogP contribution in [0.2, 0.25) is 0 Å². The van der Waals surface area contributed by atoms with Crippen molar-refractivity contribution in [3.05, 3.63) is 33.9 Å². The Balaban J connectivity index is 2.26. The largest absolute Gasteiger partial charge is 0.366 e. The second-order valence-electron chi connectivity index (χ2n) is 5.27. The molecule has 0 N–H and O–H groups in total. The molecule has 0 unspecified atom stereocenters. The van der Waals surface area contributed by atoms with Crippen molar-refractivity contribution in [2.75, 3.05) is 32.1 Å². The number of piperidine rings is 1. The number of nitro benzene ring substituents is 1. The molecular formula is C14H19N3O3. The zero-order valence-electron chi connectivity index (χ0n) is 11.8. The maximum atomic E-state index is 11.2. The fourth-order valence-electron chi connectivity index (χ4n) is 2.64. The highest BCUT2D eigenvalue weighted by Gasteiger charge is 2.25. The lowest BCUT2D eigenvalue weighted by atomic mass is 10.0. The van der Waals surface area contributed by atoms with E-state index >= 15 is 0 Å². The molecule has 0 bridgehead atoms. The van der Waals surface area contributed by atoms with Crippen molar-refractivity contribution in [2.45, 2.75) is 18.9 Å². The van der Waals surface area contributed by atoms with Gasteiger partial charge in [0.2, 0.25) is 0 Å². The van der Waals surface area contributed by atoms with Crippen LogP contribution in [-0.4, -0.2) is 49.3 Å². The van der Waals surface area contributed by atoms with Crippen molar-refractivity contribution in [1.29, 1.82) is 0 Å². The number of anilines is 1. The van der Waals surface area contributed by atoms with Crippen molar-refractivity contribution in [2.24, 2.45) is 0 Å². The van der Waals surface area contributed by atoms with E-state index in [0.29, 0.717) is 23.6 Å². The monoisotopic (exact) mass is 277 g/mol. The van der Waals surface area contributed by atoms with E-state index in [0.717, 1.165) is 25.9 Å². The first-order chi connectivity index (χ1) is 9.52. The minimum absolute atomic E-state index is 0.00368. The molecule has 6 heteroatoms. The molecule has 0 aliphatic carbocycles. The summed E-state index contributed by atoms with van der Waals surface area (Å²) in [5.41, 5.74) is 0.906. The number of hydrogen-bond donors (Lipinski definition) is 0. The van der Waals surface area contributed by atoms with Crippen LogP contribution in [0.3, 0.4) is 0 Å². The number of likely N-dealkylation sites (tertiary alicyclic amines) is 1. The number of hydrogen-bond acceptors (Lipinski definition) is 5. The molecule has 2 rings (SSSR count). The first kappa shape index (κ1) is 14.5. The molecule has 1 aromatic carbocycles. The maximum absolute atomic E-state index is 11.2. The van der Waals surface area contributed by atoms with Crippen molar-refractivity contribution >= 4 is 17.7 Å². The average Bonchev–Trinajstić information content (AvgIpc) is 2.46. The summed E-state index contributed by atoms with van der Waals surface area (Å²) in [6, 6.07) is 4.93. The van der Waals surface area contributed by atoms with Gasteiger partial charge in [0.25, 0.3) is 5.69 Å². The molecule has 108 valence electrons. The Labute approximate surface area is 118 Å². The van der Waals surface area contributed by atoms with Gasteiger partial charge in [-0.15, -0.1) is 0 Å². The minimum Gasteiger partial charge on any atom is -0.366 e. The van der Waals surface area contributed by atoms with Crippen LogP contribution >= 0.6 is 0 Å². The van der Waals surface area contributed by atoms with Crippen LogP contribution in [0.1, 0.15) is 23.2 Å². The van der Waals surface area contributed by atoms with Crippen LogP contribution in [0.4, 0.5) is 11.4 Å². The summed E-state index contributed by atoms with van der Waals surface area (Å²) in [5, 5.41) is 11.2. The molecular weight excluding hydrogens is 258 g/mol. The molecule has 1 saturated heterocycles. The van der Waals surface area contributed by atoms with Crippen molar-refractivity contribution < 1.29 is 9.72 Å². The number of rotatable bonds is 4. The SMILES string of the molecule is CN1CCC(N(C)c2ccc(C=O)cc2[N+](=O)[O-])CC1. The van der Waals surface area contributed by atoms with E-state index in [9.17, 15) is 14.9 Å². The summed E-state index contributed by atoms with van der Waals surface area (Å²) in [6.07, 6.45) is 2.60. The molecule has 6 nitrogen and oxygen atoms in total. The van der Waals surface area contributed by atoms with Crippen LogP contribution in [0.15, 0.2) is 18.2 Å². The standard InChI is InChI=1S/C14H19N3O3/c1-15-7-5-12(6-8-15)16(2)13-4-3-11(10-18)9-14(13)17(19)20/h3-4,9-10,12H,5-8H2,1-2H3. The Hall–Kier alpha value is -1.95. The number of carbonyl (C=O) groups excluding carboxylic acids is 1. The smallest absolute Gasteiger partial charge is 0.293 e. The average molecular weight is 277 g/mol. The number of nitrogens with zero attached hydrogens (tertiary/aromatic N) is 3. The predicted molar refractivity (Wildman–Crippen MR) is 77.4 cm³/mol. The lowest BCUT2D eigenvalue weighted by Crippen LogP contribution is -2.42. The van der Waals surface area contributed by atoms with Gasteiger partial charge in [0, 0.05) is 24.7 Å². The molecule has 1 aromatic rings. The van der Waals surface area contributed by atoms with Crippen LogP contribution in [-0.2, 0) is 0 Å². The van der Waals surface area contributed by atoms with Gasteiger partial charge >= 0.3 is 0 Å². The highest BCUT2D eigenvalue weighted by molar-refractivity contribution is 5.79. The van der Waals surface area contributed by atoms with Crippen LogP contribution < -0.4 is 4.90 Å². The van der Waals surface area contributed by atoms with Crippen molar-refractivity contribution in [3.63, 3.8) is 0 Å². The van der Waals surface area contributed by atoms with Crippen LogP contribution in [0, 0.1) is 10.1 Å².